The van der Waals surface area contributed by atoms with E-state index in [4.69, 9.17) is 4.74 Å². The maximum atomic E-state index is 12.0. The standard InChI is InChI=1S/C14H15N5O5/c1-9(20)15-10-3-5-11(6-4-10)16-13(21)8-18-7-12(19(22)23)14(17-18)24-2/h3-7H,8H2,1-2H3,(H,15,20)(H,16,21). The molecule has 0 unspecified atom stereocenters. The van der Waals surface area contributed by atoms with Crippen molar-refractivity contribution in [1.29, 1.82) is 0 Å². The van der Waals surface area contributed by atoms with Gasteiger partial charge in [-0.15, -0.1) is 5.10 Å². The summed E-state index contributed by atoms with van der Waals surface area (Å²) in [4.78, 5) is 33.1. The van der Waals surface area contributed by atoms with E-state index in [1.807, 2.05) is 0 Å². The smallest absolute Gasteiger partial charge is 0.350 e. The molecule has 0 spiro atoms. The molecule has 2 rings (SSSR count). The minimum absolute atomic E-state index is 0.160. The molecular weight excluding hydrogens is 318 g/mol. The summed E-state index contributed by atoms with van der Waals surface area (Å²) in [6, 6.07) is 6.52. The van der Waals surface area contributed by atoms with Crippen LogP contribution in [0.25, 0.3) is 0 Å². The average Bonchev–Trinajstić information content (AvgIpc) is 2.91. The van der Waals surface area contributed by atoms with Crippen molar-refractivity contribution in [3.8, 4) is 5.88 Å². The van der Waals surface area contributed by atoms with Crippen molar-refractivity contribution < 1.29 is 19.2 Å². The molecule has 1 heterocycles. The van der Waals surface area contributed by atoms with Gasteiger partial charge in [0.2, 0.25) is 11.8 Å². The van der Waals surface area contributed by atoms with Crippen molar-refractivity contribution in [2.75, 3.05) is 17.7 Å². The van der Waals surface area contributed by atoms with E-state index in [2.05, 4.69) is 15.7 Å². The first-order chi connectivity index (χ1) is 11.4. The number of amides is 2. The lowest BCUT2D eigenvalue weighted by Crippen LogP contribution is -2.19. The van der Waals surface area contributed by atoms with Gasteiger partial charge in [-0.25, -0.2) is 0 Å². The first kappa shape index (κ1) is 16.9. The minimum Gasteiger partial charge on any atom is -0.475 e. The van der Waals surface area contributed by atoms with Crippen LogP contribution in [-0.2, 0) is 16.1 Å². The van der Waals surface area contributed by atoms with Crippen LogP contribution in [0.15, 0.2) is 30.5 Å². The second-order valence-corrected chi connectivity index (χ2v) is 4.79. The van der Waals surface area contributed by atoms with Crippen LogP contribution in [0.1, 0.15) is 6.92 Å². The van der Waals surface area contributed by atoms with Crippen LogP contribution in [0, 0.1) is 10.1 Å². The van der Waals surface area contributed by atoms with Crippen LogP contribution in [0.5, 0.6) is 5.88 Å². The number of ether oxygens (including phenoxy) is 1. The fraction of sp³-hybridized carbons (Fsp3) is 0.214. The molecule has 24 heavy (non-hydrogen) atoms. The van der Waals surface area contributed by atoms with Crippen molar-refractivity contribution >= 4 is 28.9 Å². The van der Waals surface area contributed by atoms with Crippen LogP contribution in [0.2, 0.25) is 0 Å². The number of carbonyl (C=O) groups is 2. The Kier molecular flexibility index (Phi) is 5.09. The van der Waals surface area contributed by atoms with Crippen molar-refractivity contribution in [2.45, 2.75) is 13.5 Å². The lowest BCUT2D eigenvalue weighted by atomic mass is 10.2. The summed E-state index contributed by atoms with van der Waals surface area (Å²) in [7, 11) is 1.26. The van der Waals surface area contributed by atoms with Gasteiger partial charge in [0.15, 0.2) is 0 Å². The molecule has 1 aromatic carbocycles. The van der Waals surface area contributed by atoms with Crippen molar-refractivity contribution in [3.63, 3.8) is 0 Å². The first-order valence-corrected chi connectivity index (χ1v) is 6.82. The number of methoxy groups -OCH3 is 1. The lowest BCUT2D eigenvalue weighted by Gasteiger charge is -2.07. The maximum Gasteiger partial charge on any atom is 0.350 e. The first-order valence-electron chi connectivity index (χ1n) is 6.82. The highest BCUT2D eigenvalue weighted by Gasteiger charge is 2.21. The predicted octanol–water partition coefficient (Wildman–Crippen LogP) is 1.40. The molecule has 1 aromatic heterocycles. The van der Waals surface area contributed by atoms with E-state index in [0.717, 1.165) is 10.9 Å². The average molecular weight is 333 g/mol. The third-order valence-electron chi connectivity index (χ3n) is 2.89. The minimum atomic E-state index is -0.638. The maximum absolute atomic E-state index is 12.0. The molecule has 0 saturated heterocycles. The van der Waals surface area contributed by atoms with Gasteiger partial charge >= 0.3 is 11.6 Å². The SMILES string of the molecule is COc1nn(CC(=O)Nc2ccc(NC(C)=O)cc2)cc1[N+](=O)[O-]. The molecule has 0 radical (unpaired) electrons. The number of aromatic nitrogens is 2. The molecule has 126 valence electrons. The Balaban J connectivity index is 2.00. The van der Waals surface area contributed by atoms with Gasteiger partial charge in [-0.3, -0.25) is 24.4 Å². The number of nitrogens with zero attached hydrogens (tertiary/aromatic N) is 3. The number of hydrogen-bond donors (Lipinski definition) is 2. The van der Waals surface area contributed by atoms with E-state index in [9.17, 15) is 19.7 Å². The van der Waals surface area contributed by atoms with Gasteiger partial charge in [0.25, 0.3) is 0 Å². The molecule has 0 aliphatic carbocycles. The zero-order valence-corrected chi connectivity index (χ0v) is 13.0. The highest BCUT2D eigenvalue weighted by Crippen LogP contribution is 2.23. The van der Waals surface area contributed by atoms with Crippen molar-refractivity contribution in [2.24, 2.45) is 0 Å². The van der Waals surface area contributed by atoms with E-state index in [1.54, 1.807) is 24.3 Å². The van der Waals surface area contributed by atoms with E-state index in [0.29, 0.717) is 11.4 Å². The quantitative estimate of drug-likeness (QED) is 0.607. The Hall–Kier alpha value is -3.43. The normalized spacial score (nSPS) is 10.1. The molecule has 10 heteroatoms. The zero-order valence-electron chi connectivity index (χ0n) is 13.0. The van der Waals surface area contributed by atoms with Gasteiger partial charge in [0.1, 0.15) is 12.7 Å². The third kappa shape index (κ3) is 4.29. The third-order valence-corrected chi connectivity index (χ3v) is 2.89. The van der Waals surface area contributed by atoms with Crippen LogP contribution in [-0.4, -0.2) is 33.6 Å². The Bertz CT molecular complexity index is 768. The molecule has 0 saturated carbocycles. The lowest BCUT2D eigenvalue weighted by molar-refractivity contribution is -0.385. The topological polar surface area (TPSA) is 128 Å². The number of rotatable bonds is 6. The van der Waals surface area contributed by atoms with Gasteiger partial charge < -0.3 is 15.4 Å². The summed E-state index contributed by atoms with van der Waals surface area (Å²) in [5.41, 5.74) is 0.806. The van der Waals surface area contributed by atoms with Crippen LogP contribution in [0.3, 0.4) is 0 Å². The van der Waals surface area contributed by atoms with Gasteiger partial charge in [0.05, 0.1) is 12.0 Å². The Morgan fingerprint density at radius 3 is 2.29 bits per heavy atom. The fourth-order valence-corrected chi connectivity index (χ4v) is 1.93. The largest absolute Gasteiger partial charge is 0.475 e. The number of anilines is 2. The predicted molar refractivity (Wildman–Crippen MR) is 84.8 cm³/mol. The summed E-state index contributed by atoms with van der Waals surface area (Å²) >= 11 is 0. The summed E-state index contributed by atoms with van der Waals surface area (Å²) in [6.07, 6.45) is 1.12. The second kappa shape index (κ2) is 7.22. The van der Waals surface area contributed by atoms with Gasteiger partial charge in [-0.1, -0.05) is 0 Å². The van der Waals surface area contributed by atoms with E-state index in [1.165, 1.54) is 14.0 Å². The number of hydrogen-bond acceptors (Lipinski definition) is 6. The molecule has 0 bridgehead atoms. The van der Waals surface area contributed by atoms with Crippen LogP contribution in [0.4, 0.5) is 17.1 Å². The van der Waals surface area contributed by atoms with Crippen LogP contribution >= 0.6 is 0 Å². The molecule has 0 fully saturated rings. The van der Waals surface area contributed by atoms with Gasteiger partial charge in [-0.05, 0) is 24.3 Å². The van der Waals surface area contributed by atoms with E-state index >= 15 is 0 Å². The van der Waals surface area contributed by atoms with Crippen molar-refractivity contribution in [3.05, 3.63) is 40.6 Å². The Morgan fingerprint density at radius 2 is 1.83 bits per heavy atom. The number of carbonyl (C=O) groups excluding carboxylic acids is 2. The summed E-state index contributed by atoms with van der Waals surface area (Å²) < 4.78 is 5.92. The number of benzene rings is 1. The molecule has 0 atom stereocenters. The Morgan fingerprint density at radius 1 is 1.25 bits per heavy atom. The fourth-order valence-electron chi connectivity index (χ4n) is 1.93. The van der Waals surface area contributed by atoms with Gasteiger partial charge in [0, 0.05) is 18.3 Å². The summed E-state index contributed by atoms with van der Waals surface area (Å²) in [5, 5.41) is 19.9. The number of nitrogens with one attached hydrogen (secondary N) is 2. The molecule has 2 aromatic rings. The molecule has 0 aliphatic rings. The molecule has 2 amide bonds. The highest BCUT2D eigenvalue weighted by molar-refractivity contribution is 5.92. The summed E-state index contributed by atoms with van der Waals surface area (Å²) in [5.74, 6) is -0.768. The number of nitro groups is 1. The second-order valence-electron chi connectivity index (χ2n) is 4.79. The van der Waals surface area contributed by atoms with E-state index in [-0.39, 0.29) is 24.0 Å². The molecule has 0 aliphatic heterocycles. The zero-order chi connectivity index (χ0) is 17.7. The molecular formula is C14H15N5O5. The Labute approximate surface area is 136 Å². The van der Waals surface area contributed by atoms with Crippen molar-refractivity contribution in [1.82, 2.24) is 9.78 Å². The van der Waals surface area contributed by atoms with E-state index < -0.39 is 10.8 Å². The monoisotopic (exact) mass is 333 g/mol. The van der Waals surface area contributed by atoms with Crippen LogP contribution < -0.4 is 15.4 Å². The molecule has 10 nitrogen and oxygen atoms in total. The highest BCUT2D eigenvalue weighted by atomic mass is 16.6. The summed E-state index contributed by atoms with van der Waals surface area (Å²) in [6.45, 7) is 1.19. The molecule has 2 N–H and O–H groups in total. The van der Waals surface area contributed by atoms with Gasteiger partial charge in [-0.2, -0.15) is 0 Å².